The monoisotopic (exact) mass is 306 g/mol. The Labute approximate surface area is 127 Å². The molecule has 5 nitrogen and oxygen atoms in total. The highest BCUT2D eigenvalue weighted by molar-refractivity contribution is 6.30. The third-order valence-electron chi connectivity index (χ3n) is 3.03. The predicted octanol–water partition coefficient (Wildman–Crippen LogP) is 3.55. The SMILES string of the molecule is COc1ccc(Cl)cc1CNCc1ccc([N+](=O)[O-])cc1. The number of nitro groups is 1. The first-order chi connectivity index (χ1) is 10.1. The van der Waals surface area contributed by atoms with Crippen molar-refractivity contribution in [1.82, 2.24) is 5.32 Å². The second kappa shape index (κ2) is 7.06. The maximum absolute atomic E-state index is 10.6. The molecule has 2 aromatic carbocycles. The highest BCUT2D eigenvalue weighted by Crippen LogP contribution is 2.22. The Hall–Kier alpha value is -2.11. The first kappa shape index (κ1) is 15.3. The summed E-state index contributed by atoms with van der Waals surface area (Å²) in [6.45, 7) is 1.20. The minimum atomic E-state index is -0.409. The molecule has 0 atom stereocenters. The number of hydrogen-bond acceptors (Lipinski definition) is 4. The minimum Gasteiger partial charge on any atom is -0.496 e. The highest BCUT2D eigenvalue weighted by atomic mass is 35.5. The van der Waals surface area contributed by atoms with Crippen molar-refractivity contribution in [2.45, 2.75) is 13.1 Å². The van der Waals surface area contributed by atoms with Crippen LogP contribution >= 0.6 is 11.6 Å². The van der Waals surface area contributed by atoms with E-state index in [9.17, 15) is 10.1 Å². The Kier molecular flexibility index (Phi) is 5.14. The minimum absolute atomic E-state index is 0.0928. The van der Waals surface area contributed by atoms with E-state index in [-0.39, 0.29) is 5.69 Å². The van der Waals surface area contributed by atoms with Gasteiger partial charge in [-0.25, -0.2) is 0 Å². The summed E-state index contributed by atoms with van der Waals surface area (Å²) in [6, 6.07) is 11.9. The van der Waals surface area contributed by atoms with E-state index >= 15 is 0 Å². The van der Waals surface area contributed by atoms with Crippen LogP contribution in [0.2, 0.25) is 5.02 Å². The van der Waals surface area contributed by atoms with Gasteiger partial charge in [0.15, 0.2) is 0 Å². The molecule has 0 saturated heterocycles. The molecule has 0 aliphatic carbocycles. The number of methoxy groups -OCH3 is 1. The van der Waals surface area contributed by atoms with Gasteiger partial charge in [-0.05, 0) is 23.8 Å². The quantitative estimate of drug-likeness (QED) is 0.655. The van der Waals surface area contributed by atoms with Crippen molar-refractivity contribution >= 4 is 17.3 Å². The average molecular weight is 307 g/mol. The van der Waals surface area contributed by atoms with Crippen LogP contribution in [0.25, 0.3) is 0 Å². The normalized spacial score (nSPS) is 10.4. The van der Waals surface area contributed by atoms with Crippen LogP contribution in [0.15, 0.2) is 42.5 Å². The van der Waals surface area contributed by atoms with E-state index in [0.717, 1.165) is 16.9 Å². The Morgan fingerprint density at radius 2 is 1.90 bits per heavy atom. The van der Waals surface area contributed by atoms with E-state index < -0.39 is 4.92 Å². The van der Waals surface area contributed by atoms with E-state index in [1.54, 1.807) is 25.3 Å². The van der Waals surface area contributed by atoms with Gasteiger partial charge in [-0.3, -0.25) is 10.1 Å². The van der Waals surface area contributed by atoms with Crippen LogP contribution in [0.1, 0.15) is 11.1 Å². The largest absolute Gasteiger partial charge is 0.496 e. The summed E-state index contributed by atoms with van der Waals surface area (Å²) < 4.78 is 5.27. The lowest BCUT2D eigenvalue weighted by Gasteiger charge is -2.10. The van der Waals surface area contributed by atoms with Gasteiger partial charge in [0.25, 0.3) is 5.69 Å². The zero-order valence-corrected chi connectivity index (χ0v) is 12.3. The van der Waals surface area contributed by atoms with Crippen LogP contribution in [0.5, 0.6) is 5.75 Å². The number of non-ortho nitro benzene ring substituents is 1. The number of hydrogen-bond donors (Lipinski definition) is 1. The molecule has 6 heteroatoms. The number of ether oxygens (including phenoxy) is 1. The van der Waals surface area contributed by atoms with Crippen molar-refractivity contribution in [1.29, 1.82) is 0 Å². The lowest BCUT2D eigenvalue weighted by molar-refractivity contribution is -0.384. The number of nitrogens with one attached hydrogen (secondary N) is 1. The van der Waals surface area contributed by atoms with E-state index in [1.165, 1.54) is 12.1 Å². The maximum atomic E-state index is 10.6. The van der Waals surface area contributed by atoms with E-state index in [4.69, 9.17) is 16.3 Å². The van der Waals surface area contributed by atoms with Gasteiger partial charge >= 0.3 is 0 Å². The number of benzene rings is 2. The summed E-state index contributed by atoms with van der Waals surface area (Å²) >= 11 is 5.97. The molecule has 0 radical (unpaired) electrons. The maximum Gasteiger partial charge on any atom is 0.269 e. The molecule has 0 amide bonds. The van der Waals surface area contributed by atoms with Crippen LogP contribution in [-0.4, -0.2) is 12.0 Å². The molecule has 2 rings (SSSR count). The fourth-order valence-electron chi connectivity index (χ4n) is 1.96. The van der Waals surface area contributed by atoms with Crippen LogP contribution in [-0.2, 0) is 13.1 Å². The fourth-order valence-corrected chi connectivity index (χ4v) is 2.16. The molecule has 21 heavy (non-hydrogen) atoms. The lowest BCUT2D eigenvalue weighted by Crippen LogP contribution is -2.13. The second-order valence-electron chi connectivity index (χ2n) is 4.48. The van der Waals surface area contributed by atoms with E-state index in [0.29, 0.717) is 18.1 Å². The van der Waals surface area contributed by atoms with Crippen LogP contribution in [0.4, 0.5) is 5.69 Å². The van der Waals surface area contributed by atoms with E-state index in [1.807, 2.05) is 12.1 Å². The smallest absolute Gasteiger partial charge is 0.269 e. The van der Waals surface area contributed by atoms with E-state index in [2.05, 4.69) is 5.32 Å². The van der Waals surface area contributed by atoms with Crippen LogP contribution < -0.4 is 10.1 Å². The molecule has 0 aliphatic rings. The number of halogens is 1. The van der Waals surface area contributed by atoms with Gasteiger partial charge in [-0.1, -0.05) is 23.7 Å². The van der Waals surface area contributed by atoms with Gasteiger partial charge in [-0.15, -0.1) is 0 Å². The summed E-state index contributed by atoms with van der Waals surface area (Å²) in [5.74, 6) is 0.774. The predicted molar refractivity (Wildman–Crippen MR) is 81.6 cm³/mol. The molecule has 0 saturated carbocycles. The molecular formula is C15H15ClN2O3. The molecule has 0 fully saturated rings. The Bertz CT molecular complexity index is 629. The molecule has 0 aromatic heterocycles. The molecule has 0 spiro atoms. The molecular weight excluding hydrogens is 292 g/mol. The van der Waals surface area contributed by atoms with Gasteiger partial charge in [0.1, 0.15) is 5.75 Å². The Morgan fingerprint density at radius 1 is 1.19 bits per heavy atom. The third-order valence-corrected chi connectivity index (χ3v) is 3.27. The van der Waals surface area contributed by atoms with Crippen molar-refractivity contribution in [3.8, 4) is 5.75 Å². The number of nitro benzene ring substituents is 1. The van der Waals surface area contributed by atoms with Crippen molar-refractivity contribution < 1.29 is 9.66 Å². The summed E-state index contributed by atoms with van der Waals surface area (Å²) in [5, 5.41) is 14.5. The molecule has 110 valence electrons. The van der Waals surface area contributed by atoms with Crippen molar-refractivity contribution in [3.63, 3.8) is 0 Å². The molecule has 0 bridgehead atoms. The molecule has 0 unspecified atom stereocenters. The fraction of sp³-hybridized carbons (Fsp3) is 0.200. The standard InChI is InChI=1S/C15H15ClN2O3/c1-21-15-7-4-13(16)8-12(15)10-17-9-11-2-5-14(6-3-11)18(19)20/h2-8,17H,9-10H2,1H3. The van der Waals surface area contributed by atoms with Crippen LogP contribution in [0, 0.1) is 10.1 Å². The topological polar surface area (TPSA) is 64.4 Å². The molecule has 0 aliphatic heterocycles. The van der Waals surface area contributed by atoms with Gasteiger partial charge < -0.3 is 10.1 Å². The van der Waals surface area contributed by atoms with Gasteiger partial charge in [0, 0.05) is 35.8 Å². The third kappa shape index (κ3) is 4.18. The highest BCUT2D eigenvalue weighted by Gasteiger charge is 2.05. The number of nitrogens with zero attached hydrogens (tertiary/aromatic N) is 1. The summed E-state index contributed by atoms with van der Waals surface area (Å²) in [7, 11) is 1.61. The van der Waals surface area contributed by atoms with Gasteiger partial charge in [-0.2, -0.15) is 0 Å². The molecule has 2 aromatic rings. The number of rotatable bonds is 6. The van der Waals surface area contributed by atoms with Crippen molar-refractivity contribution in [2.75, 3.05) is 7.11 Å². The van der Waals surface area contributed by atoms with Crippen LogP contribution in [0.3, 0.4) is 0 Å². The zero-order chi connectivity index (χ0) is 15.2. The molecule has 1 N–H and O–H groups in total. The van der Waals surface area contributed by atoms with Gasteiger partial charge in [0.2, 0.25) is 0 Å². The Morgan fingerprint density at radius 3 is 2.52 bits per heavy atom. The molecule has 0 heterocycles. The Balaban J connectivity index is 1.95. The summed E-state index contributed by atoms with van der Waals surface area (Å²) in [4.78, 5) is 10.2. The first-order valence-corrected chi connectivity index (χ1v) is 6.74. The van der Waals surface area contributed by atoms with Gasteiger partial charge in [0.05, 0.1) is 12.0 Å². The first-order valence-electron chi connectivity index (χ1n) is 6.36. The summed E-state index contributed by atoms with van der Waals surface area (Å²) in [6.07, 6.45) is 0. The average Bonchev–Trinajstić information content (AvgIpc) is 2.48. The zero-order valence-electron chi connectivity index (χ0n) is 11.5. The lowest BCUT2D eigenvalue weighted by atomic mass is 10.1. The second-order valence-corrected chi connectivity index (χ2v) is 4.92. The van der Waals surface area contributed by atoms with Crippen molar-refractivity contribution in [3.05, 3.63) is 68.7 Å². The van der Waals surface area contributed by atoms with Crippen molar-refractivity contribution in [2.24, 2.45) is 0 Å². The summed E-state index contributed by atoms with van der Waals surface area (Å²) in [5.41, 5.74) is 2.03.